The Morgan fingerprint density at radius 3 is 2.22 bits per heavy atom. The van der Waals surface area contributed by atoms with Crippen molar-refractivity contribution in [2.75, 3.05) is 13.1 Å². The van der Waals surface area contributed by atoms with Crippen LogP contribution in [0.3, 0.4) is 0 Å². The van der Waals surface area contributed by atoms with Crippen LogP contribution in [0.15, 0.2) is 0 Å². The largest absolute Gasteiger partial charge is 0.314 e. The second-order valence-electron chi connectivity index (χ2n) is 2.31. The van der Waals surface area contributed by atoms with E-state index in [4.69, 9.17) is 5.21 Å². The lowest BCUT2D eigenvalue weighted by Crippen LogP contribution is -2.20. The van der Waals surface area contributed by atoms with E-state index < -0.39 is 0 Å². The van der Waals surface area contributed by atoms with Crippen LogP contribution in [0.5, 0.6) is 0 Å². The smallest absolute Gasteiger partial charge is 0.0238 e. The molecule has 0 aromatic carbocycles. The topological polar surface area (TPSA) is 23.5 Å². The van der Waals surface area contributed by atoms with Gasteiger partial charge in [0.05, 0.1) is 0 Å². The van der Waals surface area contributed by atoms with Gasteiger partial charge in [-0.2, -0.15) is 5.06 Å². The first-order chi connectivity index (χ1) is 4.31. The van der Waals surface area contributed by atoms with Gasteiger partial charge in [0.2, 0.25) is 0 Å². The van der Waals surface area contributed by atoms with Crippen molar-refractivity contribution in [1.82, 2.24) is 5.06 Å². The summed E-state index contributed by atoms with van der Waals surface area (Å²) in [7, 11) is 0. The summed E-state index contributed by atoms with van der Waals surface area (Å²) < 4.78 is 0. The Kier molecular flexibility index (Phi) is 5.99. The van der Waals surface area contributed by atoms with E-state index in [1.54, 1.807) is 0 Å². The molecule has 0 heterocycles. The van der Waals surface area contributed by atoms with Gasteiger partial charge in [0.15, 0.2) is 0 Å². The molecular weight excluding hydrogens is 114 g/mol. The predicted molar refractivity (Wildman–Crippen MR) is 38.6 cm³/mol. The molecule has 1 N–H and O–H groups in total. The summed E-state index contributed by atoms with van der Waals surface area (Å²) in [6.07, 6.45) is 3.28. The van der Waals surface area contributed by atoms with Crippen molar-refractivity contribution >= 4 is 0 Å². The van der Waals surface area contributed by atoms with Crippen LogP contribution in [0.4, 0.5) is 0 Å². The van der Waals surface area contributed by atoms with Crippen LogP contribution in [0.25, 0.3) is 0 Å². The zero-order chi connectivity index (χ0) is 7.11. The van der Waals surface area contributed by atoms with Crippen molar-refractivity contribution in [2.24, 2.45) is 0 Å². The summed E-state index contributed by atoms with van der Waals surface area (Å²) >= 11 is 0. The highest BCUT2D eigenvalue weighted by Gasteiger charge is 1.94. The van der Waals surface area contributed by atoms with E-state index in [0.29, 0.717) is 0 Å². The van der Waals surface area contributed by atoms with E-state index in [0.717, 1.165) is 32.4 Å². The first-order valence-corrected chi connectivity index (χ1v) is 3.75. The molecule has 0 saturated carbocycles. The summed E-state index contributed by atoms with van der Waals surface area (Å²) in [5.41, 5.74) is 0. The van der Waals surface area contributed by atoms with E-state index in [-0.39, 0.29) is 0 Å². The molecular formula is C7H17NO. The maximum absolute atomic E-state index is 9.01. The van der Waals surface area contributed by atoms with Gasteiger partial charge in [0.25, 0.3) is 0 Å². The van der Waals surface area contributed by atoms with Crippen LogP contribution in [0, 0.1) is 0 Å². The normalized spacial score (nSPS) is 10.7. The molecule has 0 aliphatic carbocycles. The Labute approximate surface area is 57.4 Å². The summed E-state index contributed by atoms with van der Waals surface area (Å²) in [4.78, 5) is 0. The molecule has 2 nitrogen and oxygen atoms in total. The summed E-state index contributed by atoms with van der Waals surface area (Å²) in [5, 5.41) is 10.4. The number of nitrogens with zero attached hydrogens (tertiary/aromatic N) is 1. The minimum absolute atomic E-state index is 0.806. The lowest BCUT2D eigenvalue weighted by atomic mass is 10.3. The number of hydroxylamine groups is 2. The quantitative estimate of drug-likeness (QED) is 0.576. The van der Waals surface area contributed by atoms with Gasteiger partial charge in [-0.1, -0.05) is 20.3 Å². The van der Waals surface area contributed by atoms with Crippen LogP contribution < -0.4 is 0 Å². The van der Waals surface area contributed by atoms with E-state index >= 15 is 0 Å². The summed E-state index contributed by atoms with van der Waals surface area (Å²) in [5.74, 6) is 0. The van der Waals surface area contributed by atoms with Crippen molar-refractivity contribution in [3.63, 3.8) is 0 Å². The molecule has 0 bridgehead atoms. The minimum Gasteiger partial charge on any atom is -0.314 e. The zero-order valence-electron chi connectivity index (χ0n) is 6.43. The maximum Gasteiger partial charge on any atom is 0.0238 e. The zero-order valence-corrected chi connectivity index (χ0v) is 6.43. The van der Waals surface area contributed by atoms with Gasteiger partial charge in [0, 0.05) is 13.1 Å². The van der Waals surface area contributed by atoms with Gasteiger partial charge >= 0.3 is 0 Å². The molecule has 0 amide bonds. The first kappa shape index (κ1) is 8.92. The fourth-order valence-corrected chi connectivity index (χ4v) is 0.711. The Hall–Kier alpha value is -0.0800. The highest BCUT2D eigenvalue weighted by molar-refractivity contribution is 4.42. The van der Waals surface area contributed by atoms with Crippen molar-refractivity contribution in [3.05, 3.63) is 0 Å². The molecule has 0 aromatic rings. The second kappa shape index (κ2) is 6.05. The van der Waals surface area contributed by atoms with Crippen LogP contribution in [-0.2, 0) is 0 Å². The third-order valence-electron chi connectivity index (χ3n) is 1.25. The molecule has 0 radical (unpaired) electrons. The molecule has 0 rings (SSSR count). The minimum atomic E-state index is 0.806. The van der Waals surface area contributed by atoms with Crippen molar-refractivity contribution < 1.29 is 5.21 Å². The van der Waals surface area contributed by atoms with Gasteiger partial charge in [-0.05, 0) is 12.8 Å². The standard InChI is InChI=1S/C7H17NO/c1-3-5-7-8(9)6-4-2/h9H,3-7H2,1-2H3. The van der Waals surface area contributed by atoms with Gasteiger partial charge in [-0.3, -0.25) is 0 Å². The first-order valence-electron chi connectivity index (χ1n) is 3.75. The molecule has 0 aliphatic heterocycles. The fraction of sp³-hybridized carbons (Fsp3) is 1.00. The predicted octanol–water partition coefficient (Wildman–Crippen LogP) is 1.89. The van der Waals surface area contributed by atoms with E-state index in [1.165, 1.54) is 5.06 Å². The number of hydrogen-bond acceptors (Lipinski definition) is 2. The van der Waals surface area contributed by atoms with Gasteiger partial charge < -0.3 is 5.21 Å². The van der Waals surface area contributed by atoms with Gasteiger partial charge in [-0.25, -0.2) is 0 Å². The highest BCUT2D eigenvalue weighted by Crippen LogP contribution is 1.91. The average Bonchev–Trinajstić information content (AvgIpc) is 1.85. The van der Waals surface area contributed by atoms with E-state index in [9.17, 15) is 0 Å². The molecule has 0 aliphatic rings. The third kappa shape index (κ3) is 5.80. The highest BCUT2D eigenvalue weighted by atomic mass is 16.5. The van der Waals surface area contributed by atoms with Crippen LogP contribution in [0.1, 0.15) is 33.1 Å². The fourth-order valence-electron chi connectivity index (χ4n) is 0.711. The Balaban J connectivity index is 2.95. The Bertz CT molecular complexity index is 56.9. The third-order valence-corrected chi connectivity index (χ3v) is 1.25. The van der Waals surface area contributed by atoms with Crippen molar-refractivity contribution in [1.29, 1.82) is 0 Å². The van der Waals surface area contributed by atoms with Gasteiger partial charge in [0.1, 0.15) is 0 Å². The van der Waals surface area contributed by atoms with Crippen molar-refractivity contribution in [2.45, 2.75) is 33.1 Å². The second-order valence-corrected chi connectivity index (χ2v) is 2.31. The van der Waals surface area contributed by atoms with E-state index in [1.807, 2.05) is 0 Å². The van der Waals surface area contributed by atoms with Crippen LogP contribution >= 0.6 is 0 Å². The lowest BCUT2D eigenvalue weighted by Gasteiger charge is -2.11. The molecule has 0 atom stereocenters. The SMILES string of the molecule is CCCCN(O)CCC. The molecule has 0 saturated heterocycles. The maximum atomic E-state index is 9.01. The summed E-state index contributed by atoms with van der Waals surface area (Å²) in [6.45, 7) is 5.82. The van der Waals surface area contributed by atoms with Crippen LogP contribution in [0.2, 0.25) is 0 Å². The molecule has 0 aromatic heterocycles. The van der Waals surface area contributed by atoms with Gasteiger partial charge in [-0.15, -0.1) is 0 Å². The number of rotatable bonds is 5. The molecule has 9 heavy (non-hydrogen) atoms. The molecule has 56 valence electrons. The Morgan fingerprint density at radius 2 is 1.78 bits per heavy atom. The summed E-state index contributed by atoms with van der Waals surface area (Å²) in [6, 6.07) is 0. The molecule has 0 spiro atoms. The van der Waals surface area contributed by atoms with E-state index in [2.05, 4.69) is 13.8 Å². The molecule has 0 fully saturated rings. The number of hydrogen-bond donors (Lipinski definition) is 1. The van der Waals surface area contributed by atoms with Crippen LogP contribution in [-0.4, -0.2) is 23.4 Å². The lowest BCUT2D eigenvalue weighted by molar-refractivity contribution is -0.0910. The molecule has 2 heteroatoms. The number of unbranched alkanes of at least 4 members (excludes halogenated alkanes) is 1. The average molecular weight is 131 g/mol. The molecule has 0 unspecified atom stereocenters. The van der Waals surface area contributed by atoms with Crippen molar-refractivity contribution in [3.8, 4) is 0 Å². The monoisotopic (exact) mass is 131 g/mol. The Morgan fingerprint density at radius 1 is 1.11 bits per heavy atom.